The largest absolute Gasteiger partial charge is 0.493 e. The van der Waals surface area contributed by atoms with Gasteiger partial charge in [-0.25, -0.2) is 0 Å². The fourth-order valence-corrected chi connectivity index (χ4v) is 1.27. The van der Waals surface area contributed by atoms with Crippen LogP contribution in [0.25, 0.3) is 0 Å². The van der Waals surface area contributed by atoms with Crippen LogP contribution in [0.5, 0.6) is 11.5 Å². The summed E-state index contributed by atoms with van der Waals surface area (Å²) in [6, 6.07) is 4.94. The number of aliphatic hydroxyl groups excluding tert-OH is 1. The molecule has 1 atom stereocenters. The van der Waals surface area contributed by atoms with E-state index in [1.165, 1.54) is 14.2 Å². The smallest absolute Gasteiger partial charge is 0.161 e. The molecule has 2 N–H and O–H groups in total. The van der Waals surface area contributed by atoms with Crippen molar-refractivity contribution < 1.29 is 18.7 Å². The van der Waals surface area contributed by atoms with Gasteiger partial charge in [-0.2, -0.15) is 0 Å². The molecule has 0 amide bonds. The number of ether oxygens (including phenoxy) is 2. The quantitative estimate of drug-likeness (QED) is 0.766. The van der Waals surface area contributed by atoms with E-state index in [1.54, 1.807) is 18.2 Å². The van der Waals surface area contributed by atoms with Gasteiger partial charge < -0.3 is 19.9 Å². The lowest BCUT2D eigenvalue weighted by Gasteiger charge is -2.13. The Kier molecular flexibility index (Phi) is 2.96. The van der Waals surface area contributed by atoms with E-state index in [2.05, 4.69) is 5.32 Å². The van der Waals surface area contributed by atoms with Crippen LogP contribution >= 0.6 is 0 Å². The average molecular weight is 214 g/mol. The molecule has 1 rings (SSSR count). The molecule has 4 nitrogen and oxygen atoms in total. The third kappa shape index (κ3) is 2.84. The maximum atomic E-state index is 9.86. The first kappa shape index (κ1) is 7.96. The van der Waals surface area contributed by atoms with E-state index in [1.807, 2.05) is 0 Å². The molecule has 15 heavy (non-hydrogen) atoms. The SMILES string of the molecule is [2H]C([2H])([2H])NC[C@H](O)c1ccc(OC)c(OC)c1. The standard InChI is InChI=1S/C11H17NO3/c1-12-7-9(13)8-4-5-10(14-2)11(6-8)15-3/h4-6,9,12-13H,7H2,1-3H3/t9-/m0/s1/i1D3. The van der Waals surface area contributed by atoms with Crippen molar-refractivity contribution in [2.24, 2.45) is 0 Å². The fraction of sp³-hybridized carbons (Fsp3) is 0.455. The van der Waals surface area contributed by atoms with Gasteiger partial charge in [0.1, 0.15) is 0 Å². The van der Waals surface area contributed by atoms with Gasteiger partial charge in [0.15, 0.2) is 11.5 Å². The zero-order chi connectivity index (χ0) is 13.8. The van der Waals surface area contributed by atoms with Gasteiger partial charge in [-0.1, -0.05) is 6.07 Å². The first-order chi connectivity index (χ1) is 8.37. The van der Waals surface area contributed by atoms with E-state index in [9.17, 15) is 5.11 Å². The molecule has 1 aromatic rings. The van der Waals surface area contributed by atoms with Gasteiger partial charge in [0.25, 0.3) is 0 Å². The van der Waals surface area contributed by atoms with Crippen LogP contribution in [0.2, 0.25) is 0 Å². The van der Waals surface area contributed by atoms with Crippen LogP contribution in [-0.4, -0.2) is 32.8 Å². The second kappa shape index (κ2) is 5.58. The molecule has 0 aliphatic rings. The minimum absolute atomic E-state index is 0.0635. The van der Waals surface area contributed by atoms with Crippen molar-refractivity contribution in [1.29, 1.82) is 0 Å². The summed E-state index contributed by atoms with van der Waals surface area (Å²) in [5.41, 5.74) is 0.560. The minimum atomic E-state index is -2.27. The molecule has 0 heterocycles. The lowest BCUT2D eigenvalue weighted by atomic mass is 10.1. The summed E-state index contributed by atoms with van der Waals surface area (Å²) < 4.78 is 31.2. The number of rotatable bonds is 5. The molecule has 0 aliphatic carbocycles. The van der Waals surface area contributed by atoms with Gasteiger partial charge in [0.2, 0.25) is 0 Å². The molecule has 0 radical (unpaired) electrons. The highest BCUT2D eigenvalue weighted by molar-refractivity contribution is 5.43. The first-order valence-corrected chi connectivity index (χ1v) is 4.52. The Bertz CT molecular complexity index is 396. The Morgan fingerprint density at radius 2 is 2.13 bits per heavy atom. The third-order valence-electron chi connectivity index (χ3n) is 2.09. The van der Waals surface area contributed by atoms with Crippen molar-refractivity contribution in [2.75, 3.05) is 27.7 Å². The number of likely N-dealkylation sites (N-methyl/N-ethyl adjacent to an activating group) is 1. The number of methoxy groups -OCH3 is 2. The van der Waals surface area contributed by atoms with Crippen molar-refractivity contribution in [2.45, 2.75) is 6.10 Å². The zero-order valence-corrected chi connectivity index (χ0v) is 8.78. The Labute approximate surface area is 94.0 Å². The van der Waals surface area contributed by atoms with E-state index in [4.69, 9.17) is 13.6 Å². The van der Waals surface area contributed by atoms with E-state index in [-0.39, 0.29) is 6.54 Å². The maximum absolute atomic E-state index is 9.86. The minimum Gasteiger partial charge on any atom is -0.493 e. The Balaban J connectivity index is 2.77. The van der Waals surface area contributed by atoms with Crippen LogP contribution in [0.3, 0.4) is 0 Å². The molecule has 0 saturated heterocycles. The van der Waals surface area contributed by atoms with Crippen molar-refractivity contribution in [3.05, 3.63) is 23.8 Å². The van der Waals surface area contributed by atoms with E-state index in [0.29, 0.717) is 17.1 Å². The van der Waals surface area contributed by atoms with Crippen LogP contribution in [0.4, 0.5) is 0 Å². The second-order valence-electron chi connectivity index (χ2n) is 3.01. The lowest BCUT2D eigenvalue weighted by Crippen LogP contribution is -2.16. The highest BCUT2D eigenvalue weighted by Gasteiger charge is 2.10. The van der Waals surface area contributed by atoms with Gasteiger partial charge in [-0.15, -0.1) is 0 Å². The Hall–Kier alpha value is -1.26. The van der Waals surface area contributed by atoms with Crippen LogP contribution in [0.1, 0.15) is 15.8 Å². The first-order valence-electron chi connectivity index (χ1n) is 6.02. The van der Waals surface area contributed by atoms with Gasteiger partial charge in [0.05, 0.1) is 20.3 Å². The van der Waals surface area contributed by atoms with Gasteiger partial charge in [-0.3, -0.25) is 0 Å². The molecule has 0 unspecified atom stereocenters. The molecular formula is C11H17NO3. The molecule has 0 aromatic heterocycles. The molecule has 0 spiro atoms. The van der Waals surface area contributed by atoms with Crippen LogP contribution < -0.4 is 14.8 Å². The number of hydrogen-bond acceptors (Lipinski definition) is 4. The fourth-order valence-electron chi connectivity index (χ4n) is 1.27. The van der Waals surface area contributed by atoms with Gasteiger partial charge in [0, 0.05) is 10.7 Å². The summed E-state index contributed by atoms with van der Waals surface area (Å²) in [5, 5.41) is 12.1. The lowest BCUT2D eigenvalue weighted by molar-refractivity contribution is 0.177. The third-order valence-corrected chi connectivity index (χ3v) is 2.09. The normalized spacial score (nSPS) is 16.1. The molecule has 0 fully saturated rings. The summed E-state index contributed by atoms with van der Waals surface area (Å²) in [6.45, 7) is -2.33. The molecule has 0 aliphatic heterocycles. The summed E-state index contributed by atoms with van der Waals surface area (Å²) in [7, 11) is 3.01. The average Bonchev–Trinajstić information content (AvgIpc) is 2.34. The molecule has 0 bridgehead atoms. The summed E-state index contributed by atoms with van der Waals surface area (Å²) >= 11 is 0. The highest BCUT2D eigenvalue weighted by atomic mass is 16.5. The molecule has 4 heteroatoms. The molecule has 0 saturated carbocycles. The molecular weight excluding hydrogens is 194 g/mol. The zero-order valence-electron chi connectivity index (χ0n) is 11.8. The predicted octanol–water partition coefficient (Wildman–Crippen LogP) is 0.957. The predicted molar refractivity (Wildman–Crippen MR) is 58.4 cm³/mol. The van der Waals surface area contributed by atoms with Crippen molar-refractivity contribution in [3.8, 4) is 11.5 Å². The van der Waals surface area contributed by atoms with E-state index < -0.39 is 13.1 Å². The number of nitrogens with one attached hydrogen (secondary N) is 1. The summed E-state index contributed by atoms with van der Waals surface area (Å²) in [6.07, 6.45) is -0.926. The molecule has 84 valence electrons. The summed E-state index contributed by atoms with van der Waals surface area (Å²) in [5.74, 6) is 1.04. The Morgan fingerprint density at radius 1 is 1.40 bits per heavy atom. The monoisotopic (exact) mass is 214 g/mol. The second-order valence-corrected chi connectivity index (χ2v) is 3.01. The van der Waals surface area contributed by atoms with Crippen molar-refractivity contribution in [3.63, 3.8) is 0 Å². The Morgan fingerprint density at radius 3 is 2.73 bits per heavy atom. The van der Waals surface area contributed by atoms with Gasteiger partial charge in [-0.05, 0) is 24.7 Å². The van der Waals surface area contributed by atoms with Crippen LogP contribution in [0.15, 0.2) is 18.2 Å². The number of benzene rings is 1. The number of aliphatic hydroxyl groups is 1. The summed E-state index contributed by atoms with van der Waals surface area (Å²) in [4.78, 5) is 0. The van der Waals surface area contributed by atoms with E-state index in [0.717, 1.165) is 0 Å². The van der Waals surface area contributed by atoms with Crippen molar-refractivity contribution >= 4 is 0 Å². The highest BCUT2D eigenvalue weighted by Crippen LogP contribution is 2.29. The van der Waals surface area contributed by atoms with Crippen LogP contribution in [-0.2, 0) is 0 Å². The van der Waals surface area contributed by atoms with E-state index >= 15 is 0 Å². The van der Waals surface area contributed by atoms with Gasteiger partial charge >= 0.3 is 0 Å². The molecule has 1 aromatic carbocycles. The van der Waals surface area contributed by atoms with Crippen LogP contribution in [0, 0.1) is 0 Å². The maximum Gasteiger partial charge on any atom is 0.161 e. The van der Waals surface area contributed by atoms with Crippen molar-refractivity contribution in [1.82, 2.24) is 5.32 Å². The topological polar surface area (TPSA) is 50.7 Å². The number of hydrogen-bond donors (Lipinski definition) is 2.